The highest BCUT2D eigenvalue weighted by molar-refractivity contribution is 7.80. The van der Waals surface area contributed by atoms with Gasteiger partial charge in [0.1, 0.15) is 0 Å². The molecule has 0 rings (SSSR count). The third-order valence-corrected chi connectivity index (χ3v) is 2.03. The Hall–Kier alpha value is 0.270. The molecule has 0 unspecified atom stereocenters. The minimum absolute atomic E-state index is 0.0462. The van der Waals surface area contributed by atoms with Crippen LogP contribution in [0.4, 0.5) is 0 Å². The second-order valence-electron chi connectivity index (χ2n) is 4.36. The summed E-state index contributed by atoms with van der Waals surface area (Å²) in [6.45, 7) is 8.41. The number of rotatable bonds is 8. The van der Waals surface area contributed by atoms with Crippen molar-refractivity contribution in [2.24, 2.45) is 0 Å². The Bertz CT molecular complexity index is 121. The zero-order valence-corrected chi connectivity index (χ0v) is 10.6. The van der Waals surface area contributed by atoms with Crippen molar-refractivity contribution in [2.45, 2.75) is 45.6 Å². The first-order valence-electron chi connectivity index (χ1n) is 5.39. The minimum Gasteiger partial charge on any atom is -0.379 e. The van der Waals surface area contributed by atoms with Crippen molar-refractivity contribution in [1.29, 1.82) is 0 Å². The van der Waals surface area contributed by atoms with Crippen molar-refractivity contribution in [3.63, 3.8) is 0 Å². The van der Waals surface area contributed by atoms with Gasteiger partial charge in [0.15, 0.2) is 0 Å². The van der Waals surface area contributed by atoms with E-state index in [9.17, 15) is 0 Å². The predicted molar refractivity (Wildman–Crippen MR) is 64.2 cm³/mol. The van der Waals surface area contributed by atoms with E-state index in [0.717, 1.165) is 18.8 Å². The van der Waals surface area contributed by atoms with Gasteiger partial charge in [-0.2, -0.15) is 12.6 Å². The largest absolute Gasteiger partial charge is 0.379 e. The fourth-order valence-corrected chi connectivity index (χ4v) is 1.23. The maximum absolute atomic E-state index is 5.52. The van der Waals surface area contributed by atoms with Crippen LogP contribution in [-0.2, 0) is 9.47 Å². The van der Waals surface area contributed by atoms with E-state index < -0.39 is 0 Å². The molecule has 0 aromatic carbocycles. The smallest absolute Gasteiger partial charge is 0.0707 e. The molecule has 0 spiro atoms. The lowest BCUT2D eigenvalue weighted by Crippen LogP contribution is -2.21. The van der Waals surface area contributed by atoms with Gasteiger partial charge in [-0.05, 0) is 39.4 Å². The van der Waals surface area contributed by atoms with Crippen LogP contribution in [0.1, 0.15) is 40.0 Å². The number of thiol groups is 1. The van der Waals surface area contributed by atoms with Crippen molar-refractivity contribution >= 4 is 12.6 Å². The summed E-state index contributed by atoms with van der Waals surface area (Å²) in [5, 5.41) is 0. The van der Waals surface area contributed by atoms with Crippen LogP contribution in [0, 0.1) is 0 Å². The highest BCUT2D eigenvalue weighted by Crippen LogP contribution is 2.05. The standard InChI is InChI=1S/C11H24O2S/c1-11(2,3)13-9-8-12-7-5-4-6-10-14/h14H,4-10H2,1-3H3. The highest BCUT2D eigenvalue weighted by Gasteiger charge is 2.08. The van der Waals surface area contributed by atoms with Gasteiger partial charge in [0, 0.05) is 6.61 Å². The fourth-order valence-electron chi connectivity index (χ4n) is 1.00. The molecule has 14 heavy (non-hydrogen) atoms. The summed E-state index contributed by atoms with van der Waals surface area (Å²) in [5.41, 5.74) is -0.0462. The van der Waals surface area contributed by atoms with E-state index in [0.29, 0.717) is 13.2 Å². The topological polar surface area (TPSA) is 18.5 Å². The van der Waals surface area contributed by atoms with Crippen LogP contribution in [0.25, 0.3) is 0 Å². The van der Waals surface area contributed by atoms with Crippen molar-refractivity contribution in [2.75, 3.05) is 25.6 Å². The van der Waals surface area contributed by atoms with E-state index in [1.165, 1.54) is 12.8 Å². The van der Waals surface area contributed by atoms with Crippen molar-refractivity contribution in [3.8, 4) is 0 Å². The molecule has 86 valence electrons. The number of ether oxygens (including phenoxy) is 2. The third kappa shape index (κ3) is 12.3. The fraction of sp³-hybridized carbons (Fsp3) is 1.00. The average molecular weight is 220 g/mol. The van der Waals surface area contributed by atoms with E-state index in [1.807, 2.05) is 0 Å². The lowest BCUT2D eigenvalue weighted by molar-refractivity contribution is -0.0351. The highest BCUT2D eigenvalue weighted by atomic mass is 32.1. The van der Waals surface area contributed by atoms with Gasteiger partial charge in [0.25, 0.3) is 0 Å². The molecule has 0 radical (unpaired) electrons. The normalized spacial score (nSPS) is 12.0. The predicted octanol–water partition coefficient (Wildman–Crippen LogP) is 2.92. The van der Waals surface area contributed by atoms with E-state index in [-0.39, 0.29) is 5.60 Å². The quantitative estimate of drug-likeness (QED) is 0.501. The first kappa shape index (κ1) is 14.3. The van der Waals surface area contributed by atoms with Gasteiger partial charge < -0.3 is 9.47 Å². The van der Waals surface area contributed by atoms with Gasteiger partial charge in [0.05, 0.1) is 18.8 Å². The summed E-state index contributed by atoms with van der Waals surface area (Å²) in [6, 6.07) is 0. The molecule has 0 saturated carbocycles. The molecule has 3 heteroatoms. The van der Waals surface area contributed by atoms with Gasteiger partial charge in [-0.25, -0.2) is 0 Å². The summed E-state index contributed by atoms with van der Waals surface area (Å²) in [4.78, 5) is 0. The van der Waals surface area contributed by atoms with Crippen LogP contribution < -0.4 is 0 Å². The monoisotopic (exact) mass is 220 g/mol. The molecule has 0 aromatic heterocycles. The molecule has 0 heterocycles. The molecule has 0 N–H and O–H groups in total. The Morgan fingerprint density at radius 2 is 1.64 bits per heavy atom. The van der Waals surface area contributed by atoms with Gasteiger partial charge in [0.2, 0.25) is 0 Å². The number of hydrogen-bond acceptors (Lipinski definition) is 3. The zero-order chi connectivity index (χ0) is 10.9. The maximum atomic E-state index is 5.52. The summed E-state index contributed by atoms with van der Waals surface area (Å²) in [7, 11) is 0. The Balaban J connectivity index is 2.99. The molecular formula is C11H24O2S. The lowest BCUT2D eigenvalue weighted by Gasteiger charge is -2.19. The Morgan fingerprint density at radius 1 is 0.929 bits per heavy atom. The lowest BCUT2D eigenvalue weighted by atomic mass is 10.2. The Labute approximate surface area is 93.8 Å². The summed E-state index contributed by atoms with van der Waals surface area (Å²) in [6.07, 6.45) is 3.53. The third-order valence-electron chi connectivity index (χ3n) is 1.71. The van der Waals surface area contributed by atoms with E-state index >= 15 is 0 Å². The molecule has 0 saturated heterocycles. The van der Waals surface area contributed by atoms with E-state index in [2.05, 4.69) is 33.4 Å². The summed E-state index contributed by atoms with van der Waals surface area (Å²) >= 11 is 4.15. The van der Waals surface area contributed by atoms with Gasteiger partial charge in [-0.3, -0.25) is 0 Å². The van der Waals surface area contributed by atoms with Crippen molar-refractivity contribution in [3.05, 3.63) is 0 Å². The molecule has 0 atom stereocenters. The molecule has 2 nitrogen and oxygen atoms in total. The van der Waals surface area contributed by atoms with Crippen molar-refractivity contribution in [1.82, 2.24) is 0 Å². The second-order valence-corrected chi connectivity index (χ2v) is 4.80. The first-order chi connectivity index (χ1) is 6.56. The Morgan fingerprint density at radius 3 is 2.21 bits per heavy atom. The SMILES string of the molecule is CC(C)(C)OCCOCCCCCS. The van der Waals surface area contributed by atoms with Crippen LogP contribution >= 0.6 is 12.6 Å². The number of unbranched alkanes of at least 4 members (excludes halogenated alkanes) is 2. The van der Waals surface area contributed by atoms with Gasteiger partial charge >= 0.3 is 0 Å². The zero-order valence-electron chi connectivity index (χ0n) is 9.71. The molecule has 0 aromatic rings. The molecule has 0 amide bonds. The maximum Gasteiger partial charge on any atom is 0.0707 e. The van der Waals surface area contributed by atoms with Crippen molar-refractivity contribution < 1.29 is 9.47 Å². The average Bonchev–Trinajstić information content (AvgIpc) is 2.08. The van der Waals surface area contributed by atoms with Crippen LogP contribution in [0.2, 0.25) is 0 Å². The molecule has 0 bridgehead atoms. The minimum atomic E-state index is -0.0462. The van der Waals surface area contributed by atoms with E-state index in [4.69, 9.17) is 9.47 Å². The van der Waals surface area contributed by atoms with Crippen LogP contribution in [-0.4, -0.2) is 31.2 Å². The van der Waals surface area contributed by atoms with Gasteiger partial charge in [-0.1, -0.05) is 6.42 Å². The van der Waals surface area contributed by atoms with Gasteiger partial charge in [-0.15, -0.1) is 0 Å². The van der Waals surface area contributed by atoms with Crippen LogP contribution in [0.5, 0.6) is 0 Å². The molecule has 0 fully saturated rings. The number of hydrogen-bond donors (Lipinski definition) is 1. The van der Waals surface area contributed by atoms with E-state index in [1.54, 1.807) is 0 Å². The molecule has 0 aliphatic heterocycles. The second kappa shape index (κ2) is 8.57. The van der Waals surface area contributed by atoms with Crippen LogP contribution in [0.15, 0.2) is 0 Å². The summed E-state index contributed by atoms with van der Waals surface area (Å²) < 4.78 is 10.9. The summed E-state index contributed by atoms with van der Waals surface area (Å²) in [5.74, 6) is 0.979. The molecular weight excluding hydrogens is 196 g/mol. The molecule has 0 aliphatic rings. The molecule has 0 aliphatic carbocycles. The Kier molecular flexibility index (Phi) is 8.73. The first-order valence-corrected chi connectivity index (χ1v) is 6.02. The van der Waals surface area contributed by atoms with Crippen LogP contribution in [0.3, 0.4) is 0 Å².